The third-order valence-corrected chi connectivity index (χ3v) is 7.39. The fourth-order valence-electron chi connectivity index (χ4n) is 5.35. The first-order valence-corrected chi connectivity index (χ1v) is 15.6. The molecule has 1 unspecified atom stereocenters. The summed E-state index contributed by atoms with van der Waals surface area (Å²) in [6.45, 7) is 5.66. The van der Waals surface area contributed by atoms with Crippen LogP contribution in [-0.4, -0.2) is 57.7 Å². The van der Waals surface area contributed by atoms with E-state index in [-0.39, 0.29) is 12.2 Å². The number of nitrogens with two attached hydrogens (primary N) is 1. The maximum Gasteiger partial charge on any atom is 0.351 e. The number of hydrogen-bond acceptors (Lipinski definition) is 11. The number of aromatic nitrogens is 2. The van der Waals surface area contributed by atoms with Crippen LogP contribution in [0.25, 0.3) is 0 Å². The summed E-state index contributed by atoms with van der Waals surface area (Å²) < 4.78 is 23.3. The Bertz CT molecular complexity index is 1110. The van der Waals surface area contributed by atoms with Gasteiger partial charge in [0.2, 0.25) is 0 Å². The van der Waals surface area contributed by atoms with Crippen molar-refractivity contribution in [3.8, 4) is 0 Å². The molecule has 5 atom stereocenters. The standard InChI is InChI=1S/C31H49N3O9/c1-5-6-7-8-9-10-11-12-13-14-15-16-17-18-24(38)26(40-21(2)35)27-28(41-22(3)36)29(42-23(4)37)30(43-27)34-20-19-25(32)33-31(34)39/h19-20,26-30H,5-18H2,1-4H3,(H2,32,33,39)/t26?,27-,28-,29-,30-/m1/s1. The van der Waals surface area contributed by atoms with Gasteiger partial charge in [-0.1, -0.05) is 84.0 Å². The molecule has 1 aromatic heterocycles. The van der Waals surface area contributed by atoms with Crippen molar-refractivity contribution in [3.05, 3.63) is 22.7 Å². The molecule has 0 bridgehead atoms. The second-order valence-electron chi connectivity index (χ2n) is 11.2. The number of nitrogen functional groups attached to an aromatic ring is 1. The molecule has 43 heavy (non-hydrogen) atoms. The van der Waals surface area contributed by atoms with Gasteiger partial charge >= 0.3 is 23.6 Å². The van der Waals surface area contributed by atoms with Crippen molar-refractivity contribution in [1.82, 2.24) is 9.55 Å². The third kappa shape index (κ3) is 12.5. The van der Waals surface area contributed by atoms with E-state index in [1.807, 2.05) is 0 Å². The maximum atomic E-state index is 13.4. The van der Waals surface area contributed by atoms with Gasteiger partial charge in [-0.15, -0.1) is 0 Å². The van der Waals surface area contributed by atoms with Gasteiger partial charge in [0.15, 0.2) is 30.3 Å². The molecule has 12 heteroatoms. The average molecular weight is 608 g/mol. The Morgan fingerprint density at radius 1 is 0.837 bits per heavy atom. The Kier molecular flexibility index (Phi) is 15.9. The second kappa shape index (κ2) is 19.1. The maximum absolute atomic E-state index is 13.4. The molecule has 0 aliphatic carbocycles. The molecule has 0 saturated carbocycles. The van der Waals surface area contributed by atoms with Crippen molar-refractivity contribution in [2.45, 2.75) is 148 Å². The van der Waals surface area contributed by atoms with Crippen molar-refractivity contribution in [3.63, 3.8) is 0 Å². The number of ether oxygens (including phenoxy) is 4. The quantitative estimate of drug-likeness (QED) is 0.125. The van der Waals surface area contributed by atoms with E-state index in [4.69, 9.17) is 24.7 Å². The number of carbonyl (C=O) groups is 4. The predicted molar refractivity (Wildman–Crippen MR) is 159 cm³/mol. The molecule has 0 aromatic carbocycles. The van der Waals surface area contributed by atoms with E-state index >= 15 is 0 Å². The van der Waals surface area contributed by atoms with Crippen molar-refractivity contribution < 1.29 is 38.1 Å². The highest BCUT2D eigenvalue weighted by Crippen LogP contribution is 2.36. The molecule has 1 aliphatic rings. The Balaban J connectivity index is 2.03. The molecular weight excluding hydrogens is 558 g/mol. The molecule has 0 spiro atoms. The number of unbranched alkanes of at least 4 members (excludes halogenated alkanes) is 12. The molecule has 2 heterocycles. The van der Waals surface area contributed by atoms with Crippen LogP contribution in [0.2, 0.25) is 0 Å². The molecule has 1 aromatic rings. The van der Waals surface area contributed by atoms with Crippen LogP contribution in [0.3, 0.4) is 0 Å². The molecule has 1 aliphatic heterocycles. The molecule has 1 saturated heterocycles. The van der Waals surface area contributed by atoms with Crippen LogP contribution in [0.5, 0.6) is 0 Å². The van der Waals surface area contributed by atoms with Crippen LogP contribution in [0.15, 0.2) is 17.1 Å². The van der Waals surface area contributed by atoms with Crippen LogP contribution in [0, 0.1) is 0 Å². The second-order valence-corrected chi connectivity index (χ2v) is 11.2. The monoisotopic (exact) mass is 607 g/mol. The summed E-state index contributed by atoms with van der Waals surface area (Å²) in [5.74, 6) is -2.69. The summed E-state index contributed by atoms with van der Waals surface area (Å²) in [7, 11) is 0. The van der Waals surface area contributed by atoms with Crippen LogP contribution in [0.1, 0.15) is 124 Å². The van der Waals surface area contributed by atoms with Crippen molar-refractivity contribution in [2.75, 3.05) is 5.73 Å². The molecule has 2 N–H and O–H groups in total. The lowest BCUT2D eigenvalue weighted by Crippen LogP contribution is -2.48. The Morgan fingerprint density at radius 2 is 1.35 bits per heavy atom. The van der Waals surface area contributed by atoms with E-state index in [1.165, 1.54) is 63.6 Å². The smallest absolute Gasteiger partial charge is 0.351 e. The Labute approximate surface area is 254 Å². The number of rotatable bonds is 20. The van der Waals surface area contributed by atoms with Crippen LogP contribution in [-0.2, 0) is 38.1 Å². The van der Waals surface area contributed by atoms with E-state index in [0.717, 1.165) is 51.0 Å². The van der Waals surface area contributed by atoms with E-state index in [1.54, 1.807) is 0 Å². The number of anilines is 1. The SMILES string of the molecule is CCCCCCCCCCCCCCCC(=O)C(OC(C)=O)[C@H]1O[C@@H](n2ccc(N)nc2=O)[C@H](OC(C)=O)[C@@H]1OC(C)=O. The third-order valence-electron chi connectivity index (χ3n) is 7.39. The zero-order valence-corrected chi connectivity index (χ0v) is 26.1. The van der Waals surface area contributed by atoms with Crippen LogP contribution >= 0.6 is 0 Å². The minimum atomic E-state index is -1.46. The fourth-order valence-corrected chi connectivity index (χ4v) is 5.35. The van der Waals surface area contributed by atoms with Gasteiger partial charge in [0.05, 0.1) is 0 Å². The number of ketones is 1. The molecular formula is C31H49N3O9. The lowest BCUT2D eigenvalue weighted by molar-refractivity contribution is -0.173. The van der Waals surface area contributed by atoms with E-state index in [2.05, 4.69) is 11.9 Å². The summed E-state index contributed by atoms with van der Waals surface area (Å²) >= 11 is 0. The van der Waals surface area contributed by atoms with E-state index < -0.39 is 60.0 Å². The van der Waals surface area contributed by atoms with Gasteiger partial charge in [-0.05, 0) is 12.5 Å². The van der Waals surface area contributed by atoms with Gasteiger partial charge in [0.25, 0.3) is 0 Å². The molecule has 0 amide bonds. The lowest BCUT2D eigenvalue weighted by Gasteiger charge is -2.27. The van der Waals surface area contributed by atoms with Gasteiger partial charge in [0.1, 0.15) is 11.9 Å². The minimum Gasteiger partial charge on any atom is -0.455 e. The highest BCUT2D eigenvalue weighted by atomic mass is 16.7. The van der Waals surface area contributed by atoms with Gasteiger partial charge in [-0.2, -0.15) is 4.98 Å². The average Bonchev–Trinajstić information content (AvgIpc) is 3.25. The van der Waals surface area contributed by atoms with Crippen molar-refractivity contribution in [2.24, 2.45) is 0 Å². The number of carbonyl (C=O) groups excluding carboxylic acids is 4. The number of hydrogen-bond donors (Lipinski definition) is 1. The zero-order valence-electron chi connectivity index (χ0n) is 26.1. The summed E-state index contributed by atoms with van der Waals surface area (Å²) in [5.41, 5.74) is 4.79. The predicted octanol–water partition coefficient (Wildman–Crippen LogP) is 4.57. The van der Waals surface area contributed by atoms with E-state index in [9.17, 15) is 24.0 Å². The molecule has 242 valence electrons. The number of Topliss-reactive ketones (excluding diaryl/α,β-unsaturated/α-hetero) is 1. The number of esters is 3. The van der Waals surface area contributed by atoms with Gasteiger partial charge in [-0.25, -0.2) is 4.79 Å². The topological polar surface area (TPSA) is 166 Å². The first-order valence-electron chi connectivity index (χ1n) is 15.6. The first kappa shape index (κ1) is 35.9. The normalized spacial score (nSPS) is 20.4. The Hall–Kier alpha value is -3.28. The summed E-state index contributed by atoms with van der Waals surface area (Å²) in [6.07, 6.45) is 9.54. The van der Waals surface area contributed by atoms with Gasteiger partial charge in [-0.3, -0.25) is 23.7 Å². The number of nitrogens with zero attached hydrogens (tertiary/aromatic N) is 2. The van der Waals surface area contributed by atoms with E-state index in [0.29, 0.717) is 6.42 Å². The minimum absolute atomic E-state index is 0.0397. The van der Waals surface area contributed by atoms with Gasteiger partial charge in [0, 0.05) is 33.4 Å². The fraction of sp³-hybridized carbons (Fsp3) is 0.742. The van der Waals surface area contributed by atoms with Crippen molar-refractivity contribution >= 4 is 29.5 Å². The Morgan fingerprint density at radius 3 is 1.84 bits per heavy atom. The first-order chi connectivity index (χ1) is 20.5. The summed E-state index contributed by atoms with van der Waals surface area (Å²) in [6, 6.07) is 1.34. The van der Waals surface area contributed by atoms with Gasteiger partial charge < -0.3 is 24.7 Å². The molecule has 0 radical (unpaired) electrons. The molecule has 12 nitrogen and oxygen atoms in total. The lowest BCUT2D eigenvalue weighted by atomic mass is 9.97. The summed E-state index contributed by atoms with van der Waals surface area (Å²) in [5, 5.41) is 0. The van der Waals surface area contributed by atoms with Crippen LogP contribution < -0.4 is 11.4 Å². The zero-order chi connectivity index (χ0) is 31.8. The van der Waals surface area contributed by atoms with Crippen molar-refractivity contribution in [1.29, 1.82) is 0 Å². The highest BCUT2D eigenvalue weighted by Gasteiger charge is 2.55. The molecule has 2 rings (SSSR count). The highest BCUT2D eigenvalue weighted by molar-refractivity contribution is 5.86. The molecule has 1 fully saturated rings. The van der Waals surface area contributed by atoms with Crippen LogP contribution in [0.4, 0.5) is 5.82 Å². The largest absolute Gasteiger partial charge is 0.455 e. The summed E-state index contributed by atoms with van der Waals surface area (Å²) in [4.78, 5) is 65.7.